The van der Waals surface area contributed by atoms with Crippen LogP contribution in [0.1, 0.15) is 24.8 Å². The van der Waals surface area contributed by atoms with Crippen LogP contribution >= 0.6 is 0 Å². The number of likely N-dealkylation sites (N-methyl/N-ethyl adjacent to an activating group) is 1. The molecule has 7 nitrogen and oxygen atoms in total. The second kappa shape index (κ2) is 8.27. The topological polar surface area (TPSA) is 82.1 Å². The van der Waals surface area contributed by atoms with E-state index >= 15 is 0 Å². The van der Waals surface area contributed by atoms with Crippen molar-refractivity contribution >= 4 is 11.8 Å². The van der Waals surface area contributed by atoms with E-state index in [1.807, 2.05) is 38.2 Å². The molecule has 2 aliphatic rings. The summed E-state index contributed by atoms with van der Waals surface area (Å²) in [4.78, 5) is 28.9. The van der Waals surface area contributed by atoms with Crippen LogP contribution in [0.4, 0.5) is 0 Å². The SMILES string of the molecule is Cc1ccccc1OCC(O)C(=O)N1CCC2(CC1)C(=O)NCCCN2C. The number of para-hydroxylation sites is 1. The molecule has 2 aliphatic heterocycles. The van der Waals surface area contributed by atoms with Crippen LogP contribution < -0.4 is 10.1 Å². The summed E-state index contributed by atoms with van der Waals surface area (Å²) in [6, 6.07) is 7.50. The first-order valence-corrected chi connectivity index (χ1v) is 9.59. The molecule has 0 bridgehead atoms. The summed E-state index contributed by atoms with van der Waals surface area (Å²) in [6.07, 6.45) is 0.875. The van der Waals surface area contributed by atoms with Gasteiger partial charge < -0.3 is 20.1 Å². The molecule has 1 spiro atoms. The van der Waals surface area contributed by atoms with Gasteiger partial charge in [0.15, 0.2) is 6.10 Å². The lowest BCUT2D eigenvalue weighted by Gasteiger charge is -2.45. The number of rotatable bonds is 4. The molecule has 0 aliphatic carbocycles. The molecular formula is C20H29N3O4. The number of nitrogens with one attached hydrogen (secondary N) is 1. The van der Waals surface area contributed by atoms with E-state index in [2.05, 4.69) is 10.2 Å². The van der Waals surface area contributed by atoms with E-state index in [9.17, 15) is 14.7 Å². The van der Waals surface area contributed by atoms with Gasteiger partial charge in [-0.15, -0.1) is 0 Å². The molecule has 2 saturated heterocycles. The third kappa shape index (κ3) is 4.09. The summed E-state index contributed by atoms with van der Waals surface area (Å²) in [6.45, 7) is 4.31. The van der Waals surface area contributed by atoms with E-state index in [1.54, 1.807) is 4.90 Å². The average Bonchev–Trinajstić information content (AvgIpc) is 2.81. The summed E-state index contributed by atoms with van der Waals surface area (Å²) in [7, 11) is 1.98. The van der Waals surface area contributed by atoms with E-state index in [0.29, 0.717) is 38.2 Å². The molecule has 7 heteroatoms. The van der Waals surface area contributed by atoms with Gasteiger partial charge in [-0.2, -0.15) is 0 Å². The number of hydrogen-bond acceptors (Lipinski definition) is 5. The van der Waals surface area contributed by atoms with E-state index in [-0.39, 0.29) is 18.4 Å². The van der Waals surface area contributed by atoms with Crippen molar-refractivity contribution < 1.29 is 19.4 Å². The van der Waals surface area contributed by atoms with Crippen LogP contribution in [0.3, 0.4) is 0 Å². The standard InChI is InChI=1S/C20H29N3O4/c1-15-6-3-4-7-17(15)27-14-16(24)18(25)23-12-8-20(9-13-23)19(26)21-10-5-11-22(20)2/h3-4,6-7,16,24H,5,8-14H2,1-2H3,(H,21,26). The average molecular weight is 375 g/mol. The minimum absolute atomic E-state index is 0.0537. The number of carbonyl (C=O) groups excluding carboxylic acids is 2. The van der Waals surface area contributed by atoms with Gasteiger partial charge in [-0.3, -0.25) is 14.5 Å². The van der Waals surface area contributed by atoms with E-state index in [4.69, 9.17) is 4.74 Å². The Balaban J connectivity index is 1.56. The zero-order valence-electron chi connectivity index (χ0n) is 16.1. The first-order valence-electron chi connectivity index (χ1n) is 9.59. The second-order valence-corrected chi connectivity index (χ2v) is 7.48. The highest BCUT2D eigenvalue weighted by atomic mass is 16.5. The van der Waals surface area contributed by atoms with Gasteiger partial charge in [-0.25, -0.2) is 0 Å². The van der Waals surface area contributed by atoms with Crippen molar-refractivity contribution in [3.05, 3.63) is 29.8 Å². The Morgan fingerprint density at radius 2 is 2.00 bits per heavy atom. The third-order valence-electron chi connectivity index (χ3n) is 5.79. The number of piperidine rings is 1. The maximum absolute atomic E-state index is 12.6. The number of aliphatic hydroxyl groups is 1. The molecule has 2 amide bonds. The largest absolute Gasteiger partial charge is 0.490 e. The van der Waals surface area contributed by atoms with Crippen LogP contribution in [0.2, 0.25) is 0 Å². The molecule has 0 aromatic heterocycles. The molecule has 2 N–H and O–H groups in total. The summed E-state index contributed by atoms with van der Waals surface area (Å²) in [5.74, 6) is 0.381. The van der Waals surface area contributed by atoms with Gasteiger partial charge in [0.2, 0.25) is 5.91 Å². The lowest BCUT2D eigenvalue weighted by Crippen LogP contribution is -2.62. The fourth-order valence-electron chi connectivity index (χ4n) is 3.94. The number of aliphatic hydroxyl groups excluding tert-OH is 1. The Labute approximate surface area is 160 Å². The van der Waals surface area contributed by atoms with Gasteiger partial charge in [-0.05, 0) is 44.9 Å². The lowest BCUT2D eigenvalue weighted by atomic mass is 9.85. The van der Waals surface area contributed by atoms with Gasteiger partial charge in [0, 0.05) is 26.2 Å². The Morgan fingerprint density at radius 1 is 1.30 bits per heavy atom. The van der Waals surface area contributed by atoms with E-state index in [0.717, 1.165) is 18.5 Å². The van der Waals surface area contributed by atoms with Crippen LogP contribution in [0, 0.1) is 6.92 Å². The van der Waals surface area contributed by atoms with Crippen molar-refractivity contribution in [3.63, 3.8) is 0 Å². The first kappa shape index (κ1) is 19.6. The van der Waals surface area contributed by atoms with Crippen molar-refractivity contribution in [1.29, 1.82) is 0 Å². The monoisotopic (exact) mass is 375 g/mol. The van der Waals surface area contributed by atoms with Crippen molar-refractivity contribution in [1.82, 2.24) is 15.1 Å². The number of carbonyl (C=O) groups is 2. The quantitative estimate of drug-likeness (QED) is 0.803. The Kier molecular flexibility index (Phi) is 6.01. The van der Waals surface area contributed by atoms with Crippen LogP contribution in [0.5, 0.6) is 5.75 Å². The van der Waals surface area contributed by atoms with E-state index in [1.165, 1.54) is 0 Å². The summed E-state index contributed by atoms with van der Waals surface area (Å²) >= 11 is 0. The molecule has 0 saturated carbocycles. The van der Waals surface area contributed by atoms with Gasteiger partial charge in [0.1, 0.15) is 17.9 Å². The predicted molar refractivity (Wildman–Crippen MR) is 101 cm³/mol. The molecule has 148 valence electrons. The zero-order valence-corrected chi connectivity index (χ0v) is 16.1. The molecular weight excluding hydrogens is 346 g/mol. The molecule has 3 rings (SSSR count). The number of amides is 2. The van der Waals surface area contributed by atoms with Crippen LogP contribution in [-0.4, -0.2) is 78.2 Å². The third-order valence-corrected chi connectivity index (χ3v) is 5.79. The Bertz CT molecular complexity index is 686. The molecule has 0 radical (unpaired) electrons. The molecule has 27 heavy (non-hydrogen) atoms. The number of benzene rings is 1. The summed E-state index contributed by atoms with van der Waals surface area (Å²) < 4.78 is 5.60. The van der Waals surface area contributed by atoms with Crippen LogP contribution in [0.15, 0.2) is 24.3 Å². The first-order chi connectivity index (χ1) is 12.9. The van der Waals surface area contributed by atoms with Crippen molar-refractivity contribution in [2.75, 3.05) is 39.8 Å². The van der Waals surface area contributed by atoms with Crippen LogP contribution in [-0.2, 0) is 9.59 Å². The van der Waals surface area contributed by atoms with Crippen molar-refractivity contribution in [3.8, 4) is 5.75 Å². The fourth-order valence-corrected chi connectivity index (χ4v) is 3.94. The van der Waals surface area contributed by atoms with Gasteiger partial charge >= 0.3 is 0 Å². The van der Waals surface area contributed by atoms with Gasteiger partial charge in [-0.1, -0.05) is 18.2 Å². The van der Waals surface area contributed by atoms with Crippen molar-refractivity contribution in [2.45, 2.75) is 37.8 Å². The number of hydrogen-bond donors (Lipinski definition) is 2. The normalized spacial score (nSPS) is 21.4. The maximum atomic E-state index is 12.6. The van der Waals surface area contributed by atoms with E-state index < -0.39 is 11.6 Å². The van der Waals surface area contributed by atoms with Crippen molar-refractivity contribution in [2.24, 2.45) is 0 Å². The molecule has 1 unspecified atom stereocenters. The Morgan fingerprint density at radius 3 is 2.70 bits per heavy atom. The highest BCUT2D eigenvalue weighted by Crippen LogP contribution is 2.30. The minimum atomic E-state index is -1.21. The maximum Gasteiger partial charge on any atom is 0.254 e. The molecule has 2 heterocycles. The summed E-state index contributed by atoms with van der Waals surface area (Å²) in [5.41, 5.74) is 0.412. The highest BCUT2D eigenvalue weighted by molar-refractivity contribution is 5.87. The number of ether oxygens (including phenoxy) is 1. The predicted octanol–water partition coefficient (Wildman–Crippen LogP) is 0.548. The molecule has 1 aromatic carbocycles. The number of nitrogens with zero attached hydrogens (tertiary/aromatic N) is 2. The molecule has 1 aromatic rings. The zero-order chi connectivity index (χ0) is 19.4. The molecule has 2 fully saturated rings. The smallest absolute Gasteiger partial charge is 0.254 e. The fraction of sp³-hybridized carbons (Fsp3) is 0.600. The summed E-state index contributed by atoms with van der Waals surface area (Å²) in [5, 5.41) is 13.3. The minimum Gasteiger partial charge on any atom is -0.490 e. The lowest BCUT2D eigenvalue weighted by molar-refractivity contribution is -0.148. The van der Waals surface area contributed by atoms with Gasteiger partial charge in [0.25, 0.3) is 5.91 Å². The van der Waals surface area contributed by atoms with Crippen LogP contribution in [0.25, 0.3) is 0 Å². The second-order valence-electron chi connectivity index (χ2n) is 7.48. The number of aryl methyl sites for hydroxylation is 1. The van der Waals surface area contributed by atoms with Gasteiger partial charge in [0.05, 0.1) is 0 Å². The highest BCUT2D eigenvalue weighted by Gasteiger charge is 2.46. The number of likely N-dealkylation sites (tertiary alicyclic amines) is 1. The molecule has 1 atom stereocenters. The Hall–Kier alpha value is -2.12.